The molecule has 29 heavy (non-hydrogen) atoms. The van der Waals surface area contributed by atoms with Gasteiger partial charge in [0, 0.05) is 11.3 Å². The van der Waals surface area contributed by atoms with Gasteiger partial charge in [-0.2, -0.15) is 0 Å². The van der Waals surface area contributed by atoms with Crippen LogP contribution >= 0.6 is 0 Å². The molecule has 1 amide bonds. The normalized spacial score (nSPS) is 11.7. The number of aromatic nitrogens is 1. The average Bonchev–Trinajstić information content (AvgIpc) is 3.10. The number of benzene rings is 2. The highest BCUT2D eigenvalue weighted by Gasteiger charge is 2.29. The van der Waals surface area contributed by atoms with Crippen LogP contribution in [0.2, 0.25) is 0 Å². The van der Waals surface area contributed by atoms with Crippen molar-refractivity contribution in [2.45, 2.75) is 40.2 Å². The van der Waals surface area contributed by atoms with E-state index in [9.17, 15) is 9.59 Å². The van der Waals surface area contributed by atoms with Crippen molar-refractivity contribution in [3.8, 4) is 0 Å². The first-order valence-electron chi connectivity index (χ1n) is 9.50. The van der Waals surface area contributed by atoms with Crippen LogP contribution in [0.3, 0.4) is 0 Å². The Morgan fingerprint density at radius 3 is 2.52 bits per heavy atom. The molecule has 6 nitrogen and oxygen atoms in total. The van der Waals surface area contributed by atoms with Crippen LogP contribution in [0.15, 0.2) is 53.1 Å². The van der Waals surface area contributed by atoms with Crippen molar-refractivity contribution in [2.75, 3.05) is 5.32 Å². The molecule has 0 radical (unpaired) electrons. The monoisotopic (exact) mass is 392 g/mol. The summed E-state index contributed by atoms with van der Waals surface area (Å²) < 4.78 is 10.8. The second kappa shape index (κ2) is 8.73. The Labute approximate surface area is 169 Å². The summed E-state index contributed by atoms with van der Waals surface area (Å²) in [5.41, 5.74) is 3.98. The Morgan fingerprint density at radius 2 is 1.83 bits per heavy atom. The fourth-order valence-corrected chi connectivity index (χ4v) is 3.06. The van der Waals surface area contributed by atoms with Crippen molar-refractivity contribution < 1.29 is 18.8 Å². The summed E-state index contributed by atoms with van der Waals surface area (Å²) in [5, 5.41) is 6.78. The Hall–Kier alpha value is -3.41. The molecule has 1 aromatic heterocycles. The molecular formula is C23H24N2O4. The summed E-state index contributed by atoms with van der Waals surface area (Å²) >= 11 is 0. The highest BCUT2D eigenvalue weighted by atomic mass is 16.6. The summed E-state index contributed by atoms with van der Waals surface area (Å²) in [6, 6.07) is 14.7. The number of carbonyl (C=O) groups is 2. The Morgan fingerprint density at radius 1 is 1.10 bits per heavy atom. The molecule has 0 saturated carbocycles. The minimum Gasteiger partial charge on any atom is -0.444 e. The lowest BCUT2D eigenvalue weighted by Gasteiger charge is -2.19. The molecular weight excluding hydrogens is 368 g/mol. The molecule has 1 atom stereocenters. The van der Waals surface area contributed by atoms with E-state index in [0.29, 0.717) is 29.1 Å². The largest absolute Gasteiger partial charge is 0.444 e. The van der Waals surface area contributed by atoms with E-state index in [1.54, 1.807) is 31.2 Å². The van der Waals surface area contributed by atoms with E-state index < -0.39 is 18.0 Å². The number of anilines is 1. The van der Waals surface area contributed by atoms with Gasteiger partial charge in [-0.05, 0) is 44.4 Å². The Bertz CT molecular complexity index is 1020. The van der Waals surface area contributed by atoms with Crippen LogP contribution in [0, 0.1) is 20.8 Å². The number of amides is 1. The van der Waals surface area contributed by atoms with Crippen LogP contribution in [0.1, 0.15) is 51.5 Å². The molecule has 1 N–H and O–H groups in total. The van der Waals surface area contributed by atoms with E-state index >= 15 is 0 Å². The van der Waals surface area contributed by atoms with E-state index in [1.165, 1.54) is 0 Å². The van der Waals surface area contributed by atoms with Crippen molar-refractivity contribution in [1.29, 1.82) is 0 Å². The number of esters is 1. The molecule has 0 saturated heterocycles. The second-order valence-corrected chi connectivity index (χ2v) is 6.92. The maximum atomic E-state index is 13.1. The van der Waals surface area contributed by atoms with Crippen LogP contribution < -0.4 is 5.32 Å². The van der Waals surface area contributed by atoms with Crippen LogP contribution in [-0.2, 0) is 16.0 Å². The third-order valence-electron chi connectivity index (χ3n) is 4.69. The number of carbonyl (C=O) groups excluding carboxylic acids is 2. The maximum Gasteiger partial charge on any atom is 0.344 e. The topological polar surface area (TPSA) is 81.4 Å². The van der Waals surface area contributed by atoms with Crippen LogP contribution in [-0.4, -0.2) is 17.0 Å². The summed E-state index contributed by atoms with van der Waals surface area (Å²) in [6.07, 6.45) is -0.588. The number of nitrogens with zero attached hydrogens (tertiary/aromatic N) is 1. The van der Waals surface area contributed by atoms with Gasteiger partial charge < -0.3 is 14.6 Å². The summed E-state index contributed by atoms with van der Waals surface area (Å²) in [7, 11) is 0. The molecule has 0 spiro atoms. The Kier molecular flexibility index (Phi) is 6.12. The SMILES string of the molecule is CCc1noc(C)c1C(=O)OC(C(=O)Nc1cc(C)ccc1C)c1ccccc1. The van der Waals surface area contributed by atoms with Gasteiger partial charge in [-0.15, -0.1) is 0 Å². The molecule has 0 aliphatic carbocycles. The van der Waals surface area contributed by atoms with Gasteiger partial charge in [-0.25, -0.2) is 4.79 Å². The van der Waals surface area contributed by atoms with Crippen LogP contribution in [0.4, 0.5) is 5.69 Å². The zero-order valence-electron chi connectivity index (χ0n) is 17.0. The molecule has 0 fully saturated rings. The zero-order valence-corrected chi connectivity index (χ0v) is 17.0. The maximum absolute atomic E-state index is 13.1. The summed E-state index contributed by atoms with van der Waals surface area (Å²) in [4.78, 5) is 26.0. The number of hydrogen-bond acceptors (Lipinski definition) is 5. The van der Waals surface area contributed by atoms with E-state index in [2.05, 4.69) is 10.5 Å². The standard InChI is InChI=1S/C23H24N2O4/c1-5-18-20(16(4)29-25-18)23(27)28-21(17-9-7-6-8-10-17)22(26)24-19-13-14(2)11-12-15(19)3/h6-13,21H,5H2,1-4H3,(H,24,26). The molecule has 1 heterocycles. The first kappa shape index (κ1) is 20.3. The molecule has 0 aliphatic rings. The van der Waals surface area contributed by atoms with Crippen molar-refractivity contribution in [2.24, 2.45) is 0 Å². The molecule has 0 bridgehead atoms. The number of rotatable bonds is 6. The number of ether oxygens (including phenoxy) is 1. The molecule has 3 rings (SSSR count). The second-order valence-electron chi connectivity index (χ2n) is 6.92. The number of aryl methyl sites for hydroxylation is 4. The lowest BCUT2D eigenvalue weighted by molar-refractivity contribution is -0.125. The lowest BCUT2D eigenvalue weighted by Crippen LogP contribution is -2.26. The van der Waals surface area contributed by atoms with Crippen molar-refractivity contribution in [3.05, 3.63) is 82.2 Å². The fourth-order valence-electron chi connectivity index (χ4n) is 3.06. The van der Waals surface area contributed by atoms with Crippen LogP contribution in [0.5, 0.6) is 0 Å². The Balaban J connectivity index is 1.91. The number of nitrogens with one attached hydrogen (secondary N) is 1. The van der Waals surface area contributed by atoms with E-state index in [4.69, 9.17) is 9.26 Å². The minimum atomic E-state index is -1.11. The zero-order chi connectivity index (χ0) is 21.0. The molecule has 0 aliphatic heterocycles. The fraction of sp³-hybridized carbons (Fsp3) is 0.261. The first-order chi connectivity index (χ1) is 13.9. The molecule has 2 aromatic carbocycles. The van der Waals surface area contributed by atoms with E-state index in [-0.39, 0.29) is 5.56 Å². The summed E-state index contributed by atoms with van der Waals surface area (Å²) in [5.74, 6) is -0.690. The van der Waals surface area contributed by atoms with Crippen LogP contribution in [0.25, 0.3) is 0 Å². The van der Waals surface area contributed by atoms with Gasteiger partial charge in [0.1, 0.15) is 11.3 Å². The number of hydrogen-bond donors (Lipinski definition) is 1. The third kappa shape index (κ3) is 4.54. The first-order valence-corrected chi connectivity index (χ1v) is 9.50. The van der Waals surface area contributed by atoms with Gasteiger partial charge in [0.2, 0.25) is 6.10 Å². The highest BCUT2D eigenvalue weighted by Crippen LogP contribution is 2.25. The van der Waals surface area contributed by atoms with Gasteiger partial charge in [-0.3, -0.25) is 4.79 Å². The van der Waals surface area contributed by atoms with Gasteiger partial charge >= 0.3 is 5.97 Å². The molecule has 150 valence electrons. The van der Waals surface area contributed by atoms with Gasteiger partial charge in [0.25, 0.3) is 5.91 Å². The molecule has 3 aromatic rings. The smallest absolute Gasteiger partial charge is 0.344 e. The molecule has 1 unspecified atom stereocenters. The van der Waals surface area contributed by atoms with Gasteiger partial charge in [-0.1, -0.05) is 54.5 Å². The van der Waals surface area contributed by atoms with Crippen molar-refractivity contribution >= 4 is 17.6 Å². The average molecular weight is 392 g/mol. The highest BCUT2D eigenvalue weighted by molar-refractivity contribution is 5.99. The summed E-state index contributed by atoms with van der Waals surface area (Å²) in [6.45, 7) is 7.38. The van der Waals surface area contributed by atoms with E-state index in [1.807, 2.05) is 45.0 Å². The van der Waals surface area contributed by atoms with E-state index in [0.717, 1.165) is 11.1 Å². The quantitative estimate of drug-likeness (QED) is 0.615. The van der Waals surface area contributed by atoms with Crippen molar-refractivity contribution in [1.82, 2.24) is 5.16 Å². The predicted molar refractivity (Wildman–Crippen MR) is 110 cm³/mol. The predicted octanol–water partition coefficient (Wildman–Crippen LogP) is 4.70. The molecule has 6 heteroatoms. The minimum absolute atomic E-state index is 0.271. The lowest BCUT2D eigenvalue weighted by atomic mass is 10.1. The third-order valence-corrected chi connectivity index (χ3v) is 4.69. The van der Waals surface area contributed by atoms with Crippen molar-refractivity contribution in [3.63, 3.8) is 0 Å². The van der Waals surface area contributed by atoms with Gasteiger partial charge in [0.15, 0.2) is 0 Å². The van der Waals surface area contributed by atoms with Gasteiger partial charge in [0.05, 0.1) is 5.69 Å².